The molecule has 1 atom stereocenters. The monoisotopic (exact) mass is 195 g/mol. The maximum atomic E-state index is 5.68. The van der Waals surface area contributed by atoms with Crippen molar-refractivity contribution >= 4 is 11.7 Å². The van der Waals surface area contributed by atoms with Gasteiger partial charge in [-0.3, -0.25) is 5.73 Å². The average molecular weight is 195 g/mol. The van der Waals surface area contributed by atoms with E-state index in [0.29, 0.717) is 12.5 Å². The highest BCUT2D eigenvalue weighted by Crippen LogP contribution is 2.19. The van der Waals surface area contributed by atoms with Gasteiger partial charge in [0.05, 0.1) is 12.9 Å². The number of aromatic nitrogens is 2. The fourth-order valence-electron chi connectivity index (χ4n) is 1.36. The molecule has 3 N–H and O–H groups in total. The molecule has 0 aromatic carbocycles. The molecule has 1 aromatic heterocycles. The Labute approximate surface area is 81.8 Å². The van der Waals surface area contributed by atoms with Crippen LogP contribution in [0.15, 0.2) is 11.3 Å². The van der Waals surface area contributed by atoms with E-state index in [4.69, 9.17) is 10.5 Å². The first-order valence-corrected chi connectivity index (χ1v) is 4.46. The third-order valence-electron chi connectivity index (χ3n) is 1.96. The molecule has 6 nitrogen and oxygen atoms in total. The second-order valence-corrected chi connectivity index (χ2v) is 3.01. The van der Waals surface area contributed by atoms with Crippen molar-refractivity contribution in [2.75, 3.05) is 11.9 Å². The van der Waals surface area contributed by atoms with Crippen LogP contribution < -0.4 is 11.1 Å². The summed E-state index contributed by atoms with van der Waals surface area (Å²) in [5.74, 6) is 1.35. The Morgan fingerprint density at radius 3 is 3.21 bits per heavy atom. The van der Waals surface area contributed by atoms with Crippen molar-refractivity contribution in [1.29, 1.82) is 0 Å². The predicted molar refractivity (Wildman–Crippen MR) is 53.0 cm³/mol. The van der Waals surface area contributed by atoms with Crippen molar-refractivity contribution in [3.05, 3.63) is 12.0 Å². The van der Waals surface area contributed by atoms with Crippen LogP contribution in [0, 0.1) is 0 Å². The Bertz CT molecular complexity index is 370. The number of nitrogens with zero attached hydrogens (tertiary/aromatic N) is 3. The highest BCUT2D eigenvalue weighted by Gasteiger charge is 2.22. The van der Waals surface area contributed by atoms with E-state index in [0.717, 1.165) is 11.5 Å². The maximum Gasteiger partial charge on any atom is 0.242 e. The number of aryl methyl sites for hydroxylation is 1. The third kappa shape index (κ3) is 1.33. The number of aliphatic imine (C=N–C) groups is 1. The topological polar surface area (TPSA) is 77.5 Å². The highest BCUT2D eigenvalue weighted by molar-refractivity contribution is 5.98. The Kier molecular flexibility index (Phi) is 2.12. The van der Waals surface area contributed by atoms with E-state index >= 15 is 0 Å². The van der Waals surface area contributed by atoms with Crippen LogP contribution in [0.3, 0.4) is 0 Å². The Balaban J connectivity index is 2.40. The van der Waals surface area contributed by atoms with Gasteiger partial charge in [-0.05, 0) is 6.92 Å². The van der Waals surface area contributed by atoms with Gasteiger partial charge in [-0.1, -0.05) is 0 Å². The van der Waals surface area contributed by atoms with Crippen LogP contribution in [-0.2, 0) is 11.8 Å². The van der Waals surface area contributed by atoms with Crippen molar-refractivity contribution in [3.8, 4) is 0 Å². The van der Waals surface area contributed by atoms with E-state index < -0.39 is 6.29 Å². The molecule has 6 heteroatoms. The van der Waals surface area contributed by atoms with E-state index in [1.165, 1.54) is 0 Å². The number of imidazole rings is 1. The molecule has 0 saturated heterocycles. The smallest absolute Gasteiger partial charge is 0.242 e. The molecular weight excluding hydrogens is 182 g/mol. The fraction of sp³-hybridized carbons (Fsp3) is 0.500. The van der Waals surface area contributed by atoms with Gasteiger partial charge in [-0.25, -0.2) is 9.98 Å². The molecule has 2 rings (SSSR count). The minimum Gasteiger partial charge on any atom is -0.476 e. The molecular formula is C8H13N5O. The number of ether oxygens (including phenoxy) is 1. The van der Waals surface area contributed by atoms with E-state index in [1.807, 2.05) is 18.5 Å². The predicted octanol–water partition coefficient (Wildman–Crippen LogP) is -0.129. The van der Waals surface area contributed by atoms with Crippen LogP contribution in [0.4, 0.5) is 5.82 Å². The van der Waals surface area contributed by atoms with Crippen LogP contribution in [0.1, 0.15) is 12.6 Å². The summed E-state index contributed by atoms with van der Waals surface area (Å²) < 4.78 is 7.20. The molecule has 0 spiro atoms. The van der Waals surface area contributed by atoms with Crippen molar-refractivity contribution in [2.24, 2.45) is 17.8 Å². The average Bonchev–Trinajstić information content (AvgIpc) is 2.49. The second kappa shape index (κ2) is 3.30. The zero-order valence-corrected chi connectivity index (χ0v) is 8.19. The molecule has 1 aliphatic heterocycles. The van der Waals surface area contributed by atoms with Crippen LogP contribution in [-0.4, -0.2) is 28.3 Å². The van der Waals surface area contributed by atoms with Gasteiger partial charge < -0.3 is 14.6 Å². The molecule has 1 aromatic rings. The summed E-state index contributed by atoms with van der Waals surface area (Å²) in [4.78, 5) is 8.29. The lowest BCUT2D eigenvalue weighted by Crippen LogP contribution is -2.34. The van der Waals surface area contributed by atoms with Crippen LogP contribution >= 0.6 is 0 Å². The molecule has 0 amide bonds. The van der Waals surface area contributed by atoms with Crippen LogP contribution in [0.2, 0.25) is 0 Å². The quantitative estimate of drug-likeness (QED) is 0.654. The van der Waals surface area contributed by atoms with E-state index in [9.17, 15) is 0 Å². The number of fused-ring (bicyclic) bond motifs is 1. The minimum atomic E-state index is -0.459. The molecule has 0 bridgehead atoms. The standard InChI is InChI=1S/C8H13N5O/c1-3-14-7-5-6(11-8(9)12-7)13(2)4-10-5/h4,8,11H,3,9H2,1-2H3. The minimum absolute atomic E-state index is 0.459. The van der Waals surface area contributed by atoms with E-state index in [2.05, 4.69) is 15.3 Å². The summed E-state index contributed by atoms with van der Waals surface area (Å²) >= 11 is 0. The molecule has 0 saturated carbocycles. The lowest BCUT2D eigenvalue weighted by atomic mass is 10.3. The summed E-state index contributed by atoms with van der Waals surface area (Å²) in [6.07, 6.45) is 1.24. The van der Waals surface area contributed by atoms with Gasteiger partial charge in [0.1, 0.15) is 5.82 Å². The number of hydrogen-bond acceptors (Lipinski definition) is 5. The number of nitrogens with one attached hydrogen (secondary N) is 1. The molecule has 14 heavy (non-hydrogen) atoms. The third-order valence-corrected chi connectivity index (χ3v) is 1.96. The molecule has 1 aliphatic rings. The van der Waals surface area contributed by atoms with Gasteiger partial charge in [-0.15, -0.1) is 0 Å². The van der Waals surface area contributed by atoms with Gasteiger partial charge in [0.25, 0.3) is 0 Å². The first kappa shape index (κ1) is 9.01. The van der Waals surface area contributed by atoms with Gasteiger partial charge >= 0.3 is 0 Å². The lowest BCUT2D eigenvalue weighted by Gasteiger charge is -2.19. The summed E-state index contributed by atoms with van der Waals surface area (Å²) in [5.41, 5.74) is 6.40. The van der Waals surface area contributed by atoms with Crippen LogP contribution in [0.5, 0.6) is 0 Å². The zero-order valence-electron chi connectivity index (χ0n) is 8.19. The summed E-state index contributed by atoms with van der Waals surface area (Å²) in [6, 6.07) is 0. The molecule has 0 aliphatic carbocycles. The van der Waals surface area contributed by atoms with Gasteiger partial charge in [0.15, 0.2) is 12.0 Å². The van der Waals surface area contributed by atoms with Gasteiger partial charge in [0, 0.05) is 7.05 Å². The van der Waals surface area contributed by atoms with E-state index in [1.54, 1.807) is 6.33 Å². The largest absolute Gasteiger partial charge is 0.476 e. The number of rotatable bonds is 1. The molecule has 1 unspecified atom stereocenters. The summed E-state index contributed by atoms with van der Waals surface area (Å²) in [6.45, 7) is 2.46. The Morgan fingerprint density at radius 1 is 1.71 bits per heavy atom. The normalized spacial score (nSPS) is 19.6. The van der Waals surface area contributed by atoms with Crippen molar-refractivity contribution < 1.29 is 4.74 Å². The lowest BCUT2D eigenvalue weighted by molar-refractivity contribution is 0.323. The van der Waals surface area contributed by atoms with Crippen molar-refractivity contribution in [2.45, 2.75) is 13.2 Å². The Hall–Kier alpha value is -1.56. The van der Waals surface area contributed by atoms with Gasteiger partial charge in [-0.2, -0.15) is 0 Å². The second-order valence-electron chi connectivity index (χ2n) is 3.01. The number of nitrogens with two attached hydrogens (primary N) is 1. The Morgan fingerprint density at radius 2 is 2.50 bits per heavy atom. The van der Waals surface area contributed by atoms with Crippen molar-refractivity contribution in [1.82, 2.24) is 9.55 Å². The molecule has 0 radical (unpaired) electrons. The SMILES string of the molecule is CCOC1=NC(N)Nc2c1ncn2C. The molecule has 0 fully saturated rings. The zero-order chi connectivity index (χ0) is 10.1. The first-order chi connectivity index (χ1) is 6.72. The fourth-order valence-corrected chi connectivity index (χ4v) is 1.36. The highest BCUT2D eigenvalue weighted by atomic mass is 16.5. The molecule has 76 valence electrons. The van der Waals surface area contributed by atoms with Crippen LogP contribution in [0.25, 0.3) is 0 Å². The molecule has 2 heterocycles. The van der Waals surface area contributed by atoms with Crippen molar-refractivity contribution in [3.63, 3.8) is 0 Å². The summed E-state index contributed by atoms with van der Waals surface area (Å²) in [5, 5.41) is 3.01. The first-order valence-electron chi connectivity index (χ1n) is 4.46. The summed E-state index contributed by atoms with van der Waals surface area (Å²) in [7, 11) is 1.89. The number of hydrogen-bond donors (Lipinski definition) is 2. The van der Waals surface area contributed by atoms with E-state index in [-0.39, 0.29) is 0 Å². The van der Waals surface area contributed by atoms with Gasteiger partial charge in [0.2, 0.25) is 5.90 Å². The number of anilines is 1. The maximum absolute atomic E-state index is 5.68.